The van der Waals surface area contributed by atoms with Gasteiger partial charge in [-0.3, -0.25) is 0 Å². The lowest BCUT2D eigenvalue weighted by molar-refractivity contribution is 0.213. The number of benzene rings is 2. The standard InChI is InChI=1S/C17H19ClO3/c1-10-8-15(18)11(2)7-13(10)17(19)14-9-12(20-3)5-6-16(14)21-4/h5-9,17,19H,1-4H3. The molecule has 0 saturated carbocycles. The zero-order valence-corrected chi connectivity index (χ0v) is 13.4. The van der Waals surface area contributed by atoms with Gasteiger partial charge in [-0.05, 0) is 54.8 Å². The van der Waals surface area contributed by atoms with Crippen molar-refractivity contribution in [2.45, 2.75) is 20.0 Å². The van der Waals surface area contributed by atoms with Gasteiger partial charge < -0.3 is 14.6 Å². The minimum atomic E-state index is -0.800. The minimum absolute atomic E-state index is 0.621. The van der Waals surface area contributed by atoms with Gasteiger partial charge in [-0.15, -0.1) is 0 Å². The van der Waals surface area contributed by atoms with Gasteiger partial charge in [0.15, 0.2) is 0 Å². The van der Waals surface area contributed by atoms with Gasteiger partial charge >= 0.3 is 0 Å². The molecule has 0 bridgehead atoms. The van der Waals surface area contributed by atoms with Crippen molar-refractivity contribution in [1.29, 1.82) is 0 Å². The van der Waals surface area contributed by atoms with Crippen LogP contribution in [0.2, 0.25) is 5.02 Å². The normalized spacial score (nSPS) is 12.1. The first-order chi connectivity index (χ1) is 9.97. The molecule has 0 aromatic heterocycles. The van der Waals surface area contributed by atoms with E-state index < -0.39 is 6.10 Å². The molecule has 1 N–H and O–H groups in total. The van der Waals surface area contributed by atoms with Crippen molar-refractivity contribution in [3.8, 4) is 11.5 Å². The van der Waals surface area contributed by atoms with Gasteiger partial charge in [-0.1, -0.05) is 17.7 Å². The molecular weight excluding hydrogens is 288 g/mol. The van der Waals surface area contributed by atoms with Gasteiger partial charge in [0.25, 0.3) is 0 Å². The molecule has 0 aliphatic carbocycles. The molecule has 0 saturated heterocycles. The number of halogens is 1. The van der Waals surface area contributed by atoms with Crippen LogP contribution >= 0.6 is 11.6 Å². The zero-order valence-electron chi connectivity index (χ0n) is 12.6. The van der Waals surface area contributed by atoms with Crippen LogP contribution in [0.25, 0.3) is 0 Å². The molecule has 2 aromatic carbocycles. The van der Waals surface area contributed by atoms with Gasteiger partial charge in [-0.2, -0.15) is 0 Å². The summed E-state index contributed by atoms with van der Waals surface area (Å²) in [6, 6.07) is 9.14. The van der Waals surface area contributed by atoms with E-state index in [9.17, 15) is 5.11 Å². The van der Waals surface area contributed by atoms with E-state index in [1.165, 1.54) is 0 Å². The Kier molecular flexibility index (Phi) is 4.76. The molecule has 2 rings (SSSR count). The predicted octanol–water partition coefficient (Wildman–Crippen LogP) is 4.06. The summed E-state index contributed by atoms with van der Waals surface area (Å²) in [5.74, 6) is 1.29. The minimum Gasteiger partial charge on any atom is -0.497 e. The summed E-state index contributed by atoms with van der Waals surface area (Å²) >= 11 is 6.12. The van der Waals surface area contributed by atoms with Crippen LogP contribution in [0.3, 0.4) is 0 Å². The molecule has 0 aliphatic heterocycles. The Balaban J connectivity index is 2.53. The average molecular weight is 307 g/mol. The van der Waals surface area contributed by atoms with E-state index in [4.69, 9.17) is 21.1 Å². The summed E-state index contributed by atoms with van der Waals surface area (Å²) < 4.78 is 10.6. The second-order valence-corrected chi connectivity index (χ2v) is 5.38. The number of hydrogen-bond donors (Lipinski definition) is 1. The molecule has 1 atom stereocenters. The Bertz CT molecular complexity index is 653. The lowest BCUT2D eigenvalue weighted by atomic mass is 9.95. The summed E-state index contributed by atoms with van der Waals surface area (Å²) in [6.07, 6.45) is -0.800. The maximum absolute atomic E-state index is 10.7. The van der Waals surface area contributed by atoms with Crippen molar-refractivity contribution in [2.75, 3.05) is 14.2 Å². The van der Waals surface area contributed by atoms with Crippen molar-refractivity contribution in [3.05, 3.63) is 57.6 Å². The average Bonchev–Trinajstić information content (AvgIpc) is 2.49. The van der Waals surface area contributed by atoms with Gasteiger partial charge in [0.05, 0.1) is 14.2 Å². The lowest BCUT2D eigenvalue weighted by Crippen LogP contribution is -2.05. The van der Waals surface area contributed by atoms with Crippen LogP contribution in [0.15, 0.2) is 30.3 Å². The molecule has 4 heteroatoms. The summed E-state index contributed by atoms with van der Waals surface area (Å²) in [4.78, 5) is 0. The molecule has 2 aromatic rings. The van der Waals surface area contributed by atoms with E-state index in [0.29, 0.717) is 22.1 Å². The summed E-state index contributed by atoms with van der Waals surface area (Å²) in [5, 5.41) is 11.4. The van der Waals surface area contributed by atoms with E-state index in [-0.39, 0.29) is 0 Å². The molecule has 0 amide bonds. The van der Waals surface area contributed by atoms with E-state index in [1.807, 2.05) is 26.0 Å². The third kappa shape index (κ3) is 3.14. The van der Waals surface area contributed by atoms with Crippen molar-refractivity contribution in [1.82, 2.24) is 0 Å². The molecule has 21 heavy (non-hydrogen) atoms. The van der Waals surface area contributed by atoms with Crippen molar-refractivity contribution in [2.24, 2.45) is 0 Å². The molecule has 0 heterocycles. The summed E-state index contributed by atoms with van der Waals surface area (Å²) in [6.45, 7) is 3.84. The summed E-state index contributed by atoms with van der Waals surface area (Å²) in [5.41, 5.74) is 3.34. The van der Waals surface area contributed by atoms with Crippen LogP contribution in [0.4, 0.5) is 0 Å². The second kappa shape index (κ2) is 6.37. The maximum atomic E-state index is 10.7. The molecule has 1 unspecified atom stereocenters. The van der Waals surface area contributed by atoms with E-state index in [0.717, 1.165) is 16.7 Å². The molecule has 0 radical (unpaired) electrons. The van der Waals surface area contributed by atoms with Crippen LogP contribution in [-0.2, 0) is 0 Å². The van der Waals surface area contributed by atoms with Crippen molar-refractivity contribution >= 4 is 11.6 Å². The highest BCUT2D eigenvalue weighted by molar-refractivity contribution is 6.31. The van der Waals surface area contributed by atoms with Crippen molar-refractivity contribution < 1.29 is 14.6 Å². The van der Waals surface area contributed by atoms with Crippen LogP contribution in [0.1, 0.15) is 28.4 Å². The van der Waals surface area contributed by atoms with E-state index >= 15 is 0 Å². The molecule has 0 aliphatic rings. The highest BCUT2D eigenvalue weighted by atomic mass is 35.5. The monoisotopic (exact) mass is 306 g/mol. The summed E-state index contributed by atoms with van der Waals surface area (Å²) in [7, 11) is 3.17. The number of aliphatic hydroxyl groups is 1. The van der Waals surface area contributed by atoms with Gasteiger partial charge in [0.1, 0.15) is 17.6 Å². The third-order valence-electron chi connectivity index (χ3n) is 3.57. The number of ether oxygens (including phenoxy) is 2. The predicted molar refractivity (Wildman–Crippen MR) is 84.5 cm³/mol. The second-order valence-electron chi connectivity index (χ2n) is 4.97. The number of methoxy groups -OCH3 is 2. The van der Waals surface area contributed by atoms with Gasteiger partial charge in [0, 0.05) is 10.6 Å². The Morgan fingerprint density at radius 3 is 2.29 bits per heavy atom. The fourth-order valence-corrected chi connectivity index (χ4v) is 2.54. The molecule has 112 valence electrons. The topological polar surface area (TPSA) is 38.7 Å². The van der Waals surface area contributed by atoms with E-state index in [1.54, 1.807) is 32.4 Å². The highest BCUT2D eigenvalue weighted by Gasteiger charge is 2.19. The molecule has 3 nitrogen and oxygen atoms in total. The Labute approximate surface area is 130 Å². The first-order valence-corrected chi connectivity index (χ1v) is 7.02. The number of hydrogen-bond acceptors (Lipinski definition) is 3. The lowest BCUT2D eigenvalue weighted by Gasteiger charge is -2.19. The Hall–Kier alpha value is -1.71. The maximum Gasteiger partial charge on any atom is 0.125 e. The molecule has 0 fully saturated rings. The first-order valence-electron chi connectivity index (χ1n) is 6.64. The molecular formula is C17H19ClO3. The Morgan fingerprint density at radius 2 is 1.67 bits per heavy atom. The molecule has 0 spiro atoms. The van der Waals surface area contributed by atoms with Crippen molar-refractivity contribution in [3.63, 3.8) is 0 Å². The van der Waals surface area contributed by atoms with Crippen LogP contribution in [-0.4, -0.2) is 19.3 Å². The van der Waals surface area contributed by atoms with Crippen LogP contribution in [0, 0.1) is 13.8 Å². The van der Waals surface area contributed by atoms with Crippen LogP contribution < -0.4 is 9.47 Å². The Morgan fingerprint density at radius 1 is 0.952 bits per heavy atom. The van der Waals surface area contributed by atoms with Gasteiger partial charge in [0.2, 0.25) is 0 Å². The van der Waals surface area contributed by atoms with Gasteiger partial charge in [-0.25, -0.2) is 0 Å². The first kappa shape index (κ1) is 15.7. The SMILES string of the molecule is COc1ccc(OC)c(C(O)c2cc(C)c(Cl)cc2C)c1. The largest absolute Gasteiger partial charge is 0.497 e. The number of aryl methyl sites for hydroxylation is 2. The smallest absolute Gasteiger partial charge is 0.125 e. The number of aliphatic hydroxyl groups excluding tert-OH is 1. The quantitative estimate of drug-likeness (QED) is 0.926. The fourth-order valence-electron chi connectivity index (χ4n) is 2.32. The van der Waals surface area contributed by atoms with E-state index in [2.05, 4.69) is 0 Å². The van der Waals surface area contributed by atoms with Crippen LogP contribution in [0.5, 0.6) is 11.5 Å². The highest BCUT2D eigenvalue weighted by Crippen LogP contribution is 2.35. The third-order valence-corrected chi connectivity index (χ3v) is 3.98. The fraction of sp³-hybridized carbons (Fsp3) is 0.294. The zero-order chi connectivity index (χ0) is 15.6. The number of rotatable bonds is 4.